The molecule has 0 aromatic heterocycles. The highest BCUT2D eigenvalue weighted by Gasteiger charge is 2.12. The van der Waals surface area contributed by atoms with Gasteiger partial charge in [0, 0.05) is 6.20 Å². The number of rotatable bonds is 3. The van der Waals surface area contributed by atoms with Gasteiger partial charge in [-0.1, -0.05) is 37.4 Å². The van der Waals surface area contributed by atoms with Crippen LogP contribution in [0.3, 0.4) is 0 Å². The van der Waals surface area contributed by atoms with Crippen LogP contribution in [0.1, 0.15) is 32.1 Å². The number of aliphatic imine (C=N–C) groups is 1. The van der Waals surface area contributed by atoms with Crippen molar-refractivity contribution >= 4 is 17.4 Å². The van der Waals surface area contributed by atoms with E-state index in [9.17, 15) is 0 Å². The first kappa shape index (κ1) is 12.1. The van der Waals surface area contributed by atoms with E-state index in [-0.39, 0.29) is 0 Å². The van der Waals surface area contributed by atoms with E-state index in [1.807, 2.05) is 0 Å². The molecule has 4 heteroatoms. The monoisotopic (exact) mass is 227 g/mol. The summed E-state index contributed by atoms with van der Waals surface area (Å²) in [6, 6.07) is 0.404. The fraction of sp³-hybridized carbons (Fsp3) is 0.545. The zero-order valence-corrected chi connectivity index (χ0v) is 9.63. The van der Waals surface area contributed by atoms with Gasteiger partial charge in [0.1, 0.15) is 11.0 Å². The lowest BCUT2D eigenvalue weighted by molar-refractivity contribution is 0.443. The second-order valence-corrected chi connectivity index (χ2v) is 4.06. The summed E-state index contributed by atoms with van der Waals surface area (Å²) in [4.78, 5) is 4.55. The molecule has 0 heterocycles. The summed E-state index contributed by atoms with van der Waals surface area (Å²) in [5.41, 5.74) is 5.26. The van der Waals surface area contributed by atoms with Gasteiger partial charge in [-0.2, -0.15) is 0 Å². The molecule has 0 aromatic carbocycles. The molecule has 84 valence electrons. The second kappa shape index (κ2) is 6.51. The molecule has 1 aliphatic rings. The third-order valence-electron chi connectivity index (χ3n) is 2.48. The van der Waals surface area contributed by atoms with Crippen molar-refractivity contribution < 1.29 is 0 Å². The molecular weight excluding hydrogens is 210 g/mol. The first-order valence-electron chi connectivity index (χ1n) is 5.31. The molecule has 1 saturated carbocycles. The van der Waals surface area contributed by atoms with Gasteiger partial charge in [0.25, 0.3) is 0 Å². The highest BCUT2D eigenvalue weighted by Crippen LogP contribution is 2.20. The van der Waals surface area contributed by atoms with Crippen LogP contribution in [-0.4, -0.2) is 11.9 Å². The molecule has 0 aliphatic heterocycles. The van der Waals surface area contributed by atoms with Crippen LogP contribution in [0.5, 0.6) is 0 Å². The molecule has 1 rings (SSSR count). The van der Waals surface area contributed by atoms with Gasteiger partial charge in [-0.25, -0.2) is 0 Å². The van der Waals surface area contributed by atoms with Crippen LogP contribution in [0, 0.1) is 0 Å². The molecule has 0 amide bonds. The fourth-order valence-corrected chi connectivity index (χ4v) is 1.80. The van der Waals surface area contributed by atoms with E-state index in [1.165, 1.54) is 25.5 Å². The molecule has 3 nitrogen and oxygen atoms in total. The van der Waals surface area contributed by atoms with Crippen LogP contribution < -0.4 is 11.1 Å². The van der Waals surface area contributed by atoms with Crippen molar-refractivity contribution in [3.8, 4) is 0 Å². The number of nitrogens with one attached hydrogen (secondary N) is 1. The normalized spacial score (nSPS) is 20.1. The Hall–Kier alpha value is -0.960. The van der Waals surface area contributed by atoms with Gasteiger partial charge < -0.3 is 11.1 Å². The third kappa shape index (κ3) is 4.38. The maximum Gasteiger partial charge on any atom is 0.125 e. The van der Waals surface area contributed by atoms with Gasteiger partial charge in [-0.15, -0.1) is 0 Å². The first-order chi connectivity index (χ1) is 7.26. The quantitative estimate of drug-likeness (QED) is 0.442. The highest BCUT2D eigenvalue weighted by molar-refractivity contribution is 6.30. The summed E-state index contributed by atoms with van der Waals surface area (Å²) in [6.45, 7) is 3.69. The summed E-state index contributed by atoms with van der Waals surface area (Å²) >= 11 is 5.75. The molecule has 0 aromatic rings. The van der Waals surface area contributed by atoms with Gasteiger partial charge in [0.2, 0.25) is 0 Å². The van der Waals surface area contributed by atoms with E-state index >= 15 is 0 Å². The van der Waals surface area contributed by atoms with Crippen LogP contribution in [0.25, 0.3) is 0 Å². The average Bonchev–Trinajstić information content (AvgIpc) is 2.29. The van der Waals surface area contributed by atoms with Crippen molar-refractivity contribution in [2.24, 2.45) is 10.7 Å². The number of hydrogen-bond acceptors (Lipinski definition) is 2. The van der Waals surface area contributed by atoms with Crippen LogP contribution in [-0.2, 0) is 0 Å². The standard InChI is InChI=1S/C11H18ClN3/c1-2-11(15-10(12)8-13)14-9-6-4-3-5-7-9/h2,8-9H,1,3-7,13H2,(H,14,15)/b10-8-. The molecule has 0 spiro atoms. The van der Waals surface area contributed by atoms with Crippen molar-refractivity contribution in [1.29, 1.82) is 0 Å². The predicted octanol–water partition coefficient (Wildman–Crippen LogP) is 2.49. The lowest BCUT2D eigenvalue weighted by atomic mass is 9.96. The van der Waals surface area contributed by atoms with E-state index in [0.29, 0.717) is 17.0 Å². The molecule has 0 unspecified atom stereocenters. The van der Waals surface area contributed by atoms with Crippen LogP contribution in [0.2, 0.25) is 0 Å². The molecule has 0 atom stereocenters. The van der Waals surface area contributed by atoms with Crippen molar-refractivity contribution in [3.63, 3.8) is 0 Å². The summed E-state index contributed by atoms with van der Waals surface area (Å²) < 4.78 is 0. The van der Waals surface area contributed by atoms with E-state index in [4.69, 9.17) is 17.3 Å². The van der Waals surface area contributed by atoms with Gasteiger partial charge >= 0.3 is 0 Å². The summed E-state index contributed by atoms with van der Waals surface area (Å²) in [5.74, 6) is 0.702. The Labute approximate surface area is 96.1 Å². The second-order valence-electron chi connectivity index (χ2n) is 3.65. The topological polar surface area (TPSA) is 50.4 Å². The Balaban J connectivity index is 2.55. The number of nitrogens with zero attached hydrogens (tertiary/aromatic N) is 1. The molecule has 15 heavy (non-hydrogen) atoms. The minimum atomic E-state index is 0.379. The Morgan fingerprint density at radius 2 is 2.07 bits per heavy atom. The molecule has 0 bridgehead atoms. The van der Waals surface area contributed by atoms with Crippen molar-refractivity contribution in [1.82, 2.24) is 5.32 Å². The molecule has 1 aliphatic carbocycles. The fourth-order valence-electron chi connectivity index (χ4n) is 1.71. The number of halogens is 1. The van der Waals surface area contributed by atoms with Gasteiger partial charge in [0.15, 0.2) is 0 Å². The Morgan fingerprint density at radius 3 is 2.60 bits per heavy atom. The van der Waals surface area contributed by atoms with Crippen LogP contribution >= 0.6 is 11.6 Å². The van der Waals surface area contributed by atoms with E-state index in [2.05, 4.69) is 16.9 Å². The lowest BCUT2D eigenvalue weighted by Crippen LogP contribution is -2.22. The maximum atomic E-state index is 5.75. The van der Waals surface area contributed by atoms with Gasteiger partial charge in [-0.3, -0.25) is 4.99 Å². The SMILES string of the molecule is C=CC(=NC1CCCCC1)N/C(Cl)=C\N. The first-order valence-corrected chi connectivity index (χ1v) is 5.68. The predicted molar refractivity (Wildman–Crippen MR) is 65.8 cm³/mol. The zero-order valence-electron chi connectivity index (χ0n) is 8.88. The average molecular weight is 228 g/mol. The largest absolute Gasteiger partial charge is 0.402 e. The lowest BCUT2D eigenvalue weighted by Gasteiger charge is -2.18. The van der Waals surface area contributed by atoms with Gasteiger partial charge in [-0.05, 0) is 18.9 Å². The van der Waals surface area contributed by atoms with E-state index in [1.54, 1.807) is 6.08 Å². The molecule has 1 fully saturated rings. The molecule has 0 radical (unpaired) electrons. The van der Waals surface area contributed by atoms with E-state index in [0.717, 1.165) is 12.8 Å². The minimum absolute atomic E-state index is 0.379. The molecule has 3 N–H and O–H groups in total. The van der Waals surface area contributed by atoms with E-state index < -0.39 is 0 Å². The van der Waals surface area contributed by atoms with Crippen molar-refractivity contribution in [3.05, 3.63) is 24.0 Å². The van der Waals surface area contributed by atoms with Crippen molar-refractivity contribution in [2.45, 2.75) is 38.1 Å². The Bertz CT molecular complexity index is 265. The highest BCUT2D eigenvalue weighted by atomic mass is 35.5. The molecular formula is C11H18ClN3. The number of hydrogen-bond donors (Lipinski definition) is 2. The maximum absolute atomic E-state index is 5.75. The van der Waals surface area contributed by atoms with Gasteiger partial charge in [0.05, 0.1) is 6.04 Å². The third-order valence-corrected chi connectivity index (χ3v) is 2.70. The van der Waals surface area contributed by atoms with Crippen LogP contribution in [0.4, 0.5) is 0 Å². The minimum Gasteiger partial charge on any atom is -0.402 e. The zero-order chi connectivity index (χ0) is 11.1. The van der Waals surface area contributed by atoms with Crippen molar-refractivity contribution in [2.75, 3.05) is 0 Å². The Morgan fingerprint density at radius 1 is 1.40 bits per heavy atom. The summed E-state index contributed by atoms with van der Waals surface area (Å²) in [6.07, 6.45) is 9.14. The smallest absolute Gasteiger partial charge is 0.125 e. The summed E-state index contributed by atoms with van der Waals surface area (Å²) in [5, 5.41) is 3.28. The Kier molecular flexibility index (Phi) is 5.26. The number of nitrogens with two attached hydrogens (primary N) is 1. The van der Waals surface area contributed by atoms with Crippen LogP contribution in [0.15, 0.2) is 29.0 Å². The molecule has 0 saturated heterocycles. The summed E-state index contributed by atoms with van der Waals surface area (Å²) in [7, 11) is 0. The number of amidine groups is 1.